The van der Waals surface area contributed by atoms with Crippen molar-refractivity contribution >= 4 is 0 Å². The molecule has 0 spiro atoms. The van der Waals surface area contributed by atoms with Crippen LogP contribution in [0.4, 0.5) is 8.78 Å². The van der Waals surface area contributed by atoms with E-state index in [2.05, 4.69) is 10.1 Å². The number of aliphatic hydroxyl groups excluding tert-OH is 1. The summed E-state index contributed by atoms with van der Waals surface area (Å²) in [6.07, 6.45) is -0.711. The molecule has 0 saturated heterocycles. The molecule has 0 amide bonds. The summed E-state index contributed by atoms with van der Waals surface area (Å²) < 4.78 is 31.7. The summed E-state index contributed by atoms with van der Waals surface area (Å²) in [7, 11) is 1.26. The third kappa shape index (κ3) is 3.92. The number of benzene rings is 1. The second-order valence-corrected chi connectivity index (χ2v) is 4.42. The molecule has 3 nitrogen and oxygen atoms in total. The molecule has 0 aliphatic rings. The van der Waals surface area contributed by atoms with Crippen LogP contribution < -0.4 is 10.1 Å². The minimum Gasteiger partial charge on any atom is -0.494 e. The summed E-state index contributed by atoms with van der Waals surface area (Å²) in [5.74, 6) is -1.50. The molecule has 0 aliphatic carbocycles. The summed E-state index contributed by atoms with van der Waals surface area (Å²) in [5.41, 5.74) is -0.0427. The van der Waals surface area contributed by atoms with Gasteiger partial charge in [0.15, 0.2) is 11.6 Å². The number of hydrogen-bond donors (Lipinski definition) is 2. The maximum Gasteiger partial charge on any atom is 0.165 e. The monoisotopic (exact) mass is 259 g/mol. The second kappa shape index (κ2) is 6.66. The van der Waals surface area contributed by atoms with Crippen molar-refractivity contribution in [2.45, 2.75) is 32.4 Å². The lowest BCUT2D eigenvalue weighted by molar-refractivity contribution is 0.160. The average molecular weight is 259 g/mol. The van der Waals surface area contributed by atoms with Crippen molar-refractivity contribution in [3.8, 4) is 5.75 Å². The molecule has 0 aliphatic heterocycles. The van der Waals surface area contributed by atoms with Gasteiger partial charge in [0.25, 0.3) is 0 Å². The zero-order chi connectivity index (χ0) is 13.7. The Morgan fingerprint density at radius 2 is 1.94 bits per heavy atom. The lowest BCUT2D eigenvalue weighted by Crippen LogP contribution is -2.25. The largest absolute Gasteiger partial charge is 0.494 e. The standard InChI is InChI=1S/C13H19F2NO2/c1-8(2)16-5-4-12(17)9-6-11(15)13(18-3)7-10(9)14/h6-8,12,16-17H,4-5H2,1-3H3. The van der Waals surface area contributed by atoms with Gasteiger partial charge >= 0.3 is 0 Å². The van der Waals surface area contributed by atoms with Crippen LogP contribution in [-0.4, -0.2) is 24.8 Å². The highest BCUT2D eigenvalue weighted by molar-refractivity contribution is 5.32. The lowest BCUT2D eigenvalue weighted by Gasteiger charge is -2.15. The van der Waals surface area contributed by atoms with E-state index in [1.807, 2.05) is 13.8 Å². The molecule has 0 saturated carbocycles. The van der Waals surface area contributed by atoms with Crippen LogP contribution in [0.25, 0.3) is 0 Å². The zero-order valence-electron chi connectivity index (χ0n) is 10.8. The molecule has 0 aromatic heterocycles. The topological polar surface area (TPSA) is 41.5 Å². The van der Waals surface area contributed by atoms with Crippen LogP contribution >= 0.6 is 0 Å². The first-order chi connectivity index (χ1) is 8.45. The quantitative estimate of drug-likeness (QED) is 0.824. The van der Waals surface area contributed by atoms with Crippen molar-refractivity contribution in [1.29, 1.82) is 0 Å². The molecule has 1 aromatic rings. The Hall–Kier alpha value is -1.20. The van der Waals surface area contributed by atoms with Crippen LogP contribution in [0, 0.1) is 11.6 Å². The summed E-state index contributed by atoms with van der Waals surface area (Å²) in [5, 5.41) is 12.9. The number of rotatable bonds is 6. The van der Waals surface area contributed by atoms with E-state index >= 15 is 0 Å². The number of ether oxygens (including phenoxy) is 1. The molecular weight excluding hydrogens is 240 g/mol. The van der Waals surface area contributed by atoms with Crippen LogP contribution in [0.3, 0.4) is 0 Å². The number of methoxy groups -OCH3 is 1. The fourth-order valence-electron chi connectivity index (χ4n) is 1.62. The van der Waals surface area contributed by atoms with Gasteiger partial charge in [0.2, 0.25) is 0 Å². The molecule has 5 heteroatoms. The molecule has 0 radical (unpaired) electrons. The maximum absolute atomic E-state index is 13.6. The highest BCUT2D eigenvalue weighted by Gasteiger charge is 2.16. The summed E-state index contributed by atoms with van der Waals surface area (Å²) in [6.45, 7) is 4.48. The predicted molar refractivity (Wildman–Crippen MR) is 65.6 cm³/mol. The molecule has 1 atom stereocenters. The van der Waals surface area contributed by atoms with Gasteiger partial charge in [0.1, 0.15) is 5.82 Å². The zero-order valence-corrected chi connectivity index (χ0v) is 10.8. The minimum atomic E-state index is -1.03. The molecule has 2 N–H and O–H groups in total. The van der Waals surface area contributed by atoms with E-state index in [4.69, 9.17) is 0 Å². The summed E-state index contributed by atoms with van der Waals surface area (Å²) in [6, 6.07) is 2.22. The normalized spacial score (nSPS) is 12.8. The van der Waals surface area contributed by atoms with Crippen LogP contribution in [0.5, 0.6) is 5.75 Å². The van der Waals surface area contributed by atoms with Gasteiger partial charge in [0.05, 0.1) is 13.2 Å². The first kappa shape index (κ1) is 14.9. The van der Waals surface area contributed by atoms with Crippen molar-refractivity contribution in [3.05, 3.63) is 29.3 Å². The molecule has 1 aromatic carbocycles. The average Bonchev–Trinajstić information content (AvgIpc) is 2.30. The number of hydrogen-bond acceptors (Lipinski definition) is 3. The summed E-state index contributed by atoms with van der Waals surface area (Å²) in [4.78, 5) is 0. The van der Waals surface area contributed by atoms with E-state index in [9.17, 15) is 13.9 Å². The van der Waals surface area contributed by atoms with E-state index in [-0.39, 0.29) is 17.4 Å². The Balaban J connectivity index is 2.73. The molecule has 1 rings (SSSR count). The van der Waals surface area contributed by atoms with Gasteiger partial charge in [0, 0.05) is 17.7 Å². The van der Waals surface area contributed by atoms with Crippen molar-refractivity contribution in [2.24, 2.45) is 0 Å². The number of aliphatic hydroxyl groups is 1. The van der Waals surface area contributed by atoms with Gasteiger partial charge < -0.3 is 15.2 Å². The Bertz CT molecular complexity index is 397. The van der Waals surface area contributed by atoms with Gasteiger partial charge in [-0.05, 0) is 19.0 Å². The van der Waals surface area contributed by atoms with Crippen molar-refractivity contribution < 1.29 is 18.6 Å². The molecule has 1 unspecified atom stereocenters. The third-order valence-corrected chi connectivity index (χ3v) is 2.60. The first-order valence-corrected chi connectivity index (χ1v) is 5.90. The maximum atomic E-state index is 13.6. The second-order valence-electron chi connectivity index (χ2n) is 4.42. The Morgan fingerprint density at radius 3 is 2.50 bits per heavy atom. The van der Waals surface area contributed by atoms with E-state index in [0.717, 1.165) is 12.1 Å². The lowest BCUT2D eigenvalue weighted by atomic mass is 10.1. The van der Waals surface area contributed by atoms with Gasteiger partial charge in [-0.25, -0.2) is 8.78 Å². The summed E-state index contributed by atoms with van der Waals surface area (Å²) >= 11 is 0. The fourth-order valence-corrected chi connectivity index (χ4v) is 1.62. The van der Waals surface area contributed by atoms with Crippen LogP contribution in [0.15, 0.2) is 12.1 Å². The minimum absolute atomic E-state index is 0.0427. The SMILES string of the molecule is COc1cc(F)c(C(O)CCNC(C)C)cc1F. The molecule has 18 heavy (non-hydrogen) atoms. The van der Waals surface area contributed by atoms with E-state index in [1.54, 1.807) is 0 Å². The van der Waals surface area contributed by atoms with Gasteiger partial charge in [-0.15, -0.1) is 0 Å². The Morgan fingerprint density at radius 1 is 1.28 bits per heavy atom. The molecule has 102 valence electrons. The van der Waals surface area contributed by atoms with Gasteiger partial charge in [-0.1, -0.05) is 13.8 Å². The van der Waals surface area contributed by atoms with E-state index in [0.29, 0.717) is 13.0 Å². The van der Waals surface area contributed by atoms with E-state index in [1.165, 1.54) is 7.11 Å². The fraction of sp³-hybridized carbons (Fsp3) is 0.538. The van der Waals surface area contributed by atoms with Crippen LogP contribution in [0.2, 0.25) is 0 Å². The smallest absolute Gasteiger partial charge is 0.165 e. The van der Waals surface area contributed by atoms with Crippen molar-refractivity contribution in [2.75, 3.05) is 13.7 Å². The predicted octanol–water partition coefficient (Wildman–Crippen LogP) is 2.39. The van der Waals surface area contributed by atoms with Crippen molar-refractivity contribution in [3.63, 3.8) is 0 Å². The van der Waals surface area contributed by atoms with Gasteiger partial charge in [-0.2, -0.15) is 0 Å². The van der Waals surface area contributed by atoms with Gasteiger partial charge in [-0.3, -0.25) is 0 Å². The third-order valence-electron chi connectivity index (χ3n) is 2.60. The highest BCUT2D eigenvalue weighted by atomic mass is 19.1. The van der Waals surface area contributed by atoms with Crippen LogP contribution in [0.1, 0.15) is 31.9 Å². The number of halogens is 2. The highest BCUT2D eigenvalue weighted by Crippen LogP contribution is 2.26. The molecule has 0 heterocycles. The van der Waals surface area contributed by atoms with Crippen LogP contribution in [-0.2, 0) is 0 Å². The number of nitrogens with one attached hydrogen (secondary N) is 1. The van der Waals surface area contributed by atoms with Crippen molar-refractivity contribution in [1.82, 2.24) is 5.32 Å². The molecule has 0 fully saturated rings. The Labute approximate surface area is 106 Å². The molecular formula is C13H19F2NO2. The molecule has 0 bridgehead atoms. The first-order valence-electron chi connectivity index (χ1n) is 5.90. The van der Waals surface area contributed by atoms with E-state index < -0.39 is 17.7 Å². The Kier molecular flexibility index (Phi) is 5.50.